The van der Waals surface area contributed by atoms with Gasteiger partial charge in [-0.3, -0.25) is 23.5 Å². The minimum atomic E-state index is -0.607. The molecular formula is C25H22FN3O4S3. The lowest BCUT2D eigenvalue weighted by Gasteiger charge is -2.13. The first-order valence-corrected chi connectivity index (χ1v) is 13.4. The Hall–Kier alpha value is -3.15. The highest BCUT2D eigenvalue weighted by Gasteiger charge is 2.20. The van der Waals surface area contributed by atoms with Crippen LogP contribution in [0.4, 0.5) is 4.39 Å². The first-order chi connectivity index (χ1) is 17.3. The van der Waals surface area contributed by atoms with E-state index in [-0.39, 0.29) is 35.3 Å². The molecule has 4 rings (SSSR count). The number of carbonyl (C=O) groups is 2. The molecule has 0 spiro atoms. The molecule has 0 amide bonds. The number of fused-ring (bicyclic) bond motifs is 1. The Kier molecular flexibility index (Phi) is 8.12. The number of benzene rings is 2. The Morgan fingerprint density at radius 3 is 2.33 bits per heavy atom. The molecule has 0 saturated carbocycles. The number of esters is 1. The summed E-state index contributed by atoms with van der Waals surface area (Å²) in [5.41, 5.74) is 2.32. The molecule has 2 aromatic heterocycles. The van der Waals surface area contributed by atoms with Crippen LogP contribution >= 0.6 is 35.3 Å². The molecule has 0 aliphatic rings. The van der Waals surface area contributed by atoms with E-state index >= 15 is 0 Å². The van der Waals surface area contributed by atoms with Crippen LogP contribution in [0.2, 0.25) is 0 Å². The van der Waals surface area contributed by atoms with Crippen molar-refractivity contribution in [1.29, 1.82) is 0 Å². The first-order valence-electron chi connectivity index (χ1n) is 11.2. The number of carbonyl (C=O) groups excluding carboxylic acids is 2. The number of aromatic nitrogens is 3. The summed E-state index contributed by atoms with van der Waals surface area (Å²) >= 11 is 7.75. The van der Waals surface area contributed by atoms with Gasteiger partial charge in [0.15, 0.2) is 20.5 Å². The van der Waals surface area contributed by atoms with E-state index in [0.717, 1.165) is 40.8 Å². The average molecular weight is 544 g/mol. The van der Waals surface area contributed by atoms with Gasteiger partial charge in [0.2, 0.25) is 0 Å². The van der Waals surface area contributed by atoms with Crippen molar-refractivity contribution < 1.29 is 18.7 Å². The number of Topliss-reactive ketones (excluding diaryl/α,β-unsaturated/α-hetero) is 1. The number of nitrogens with zero attached hydrogens (tertiary/aromatic N) is 3. The van der Waals surface area contributed by atoms with Crippen LogP contribution in [0.15, 0.2) is 58.5 Å². The number of ether oxygens (including phenoxy) is 1. The Morgan fingerprint density at radius 2 is 1.69 bits per heavy atom. The van der Waals surface area contributed by atoms with Gasteiger partial charge in [-0.05, 0) is 67.5 Å². The van der Waals surface area contributed by atoms with Crippen LogP contribution in [-0.4, -0.2) is 38.2 Å². The normalized spacial score (nSPS) is 11.1. The zero-order chi connectivity index (χ0) is 25.8. The largest absolute Gasteiger partial charge is 0.466 e. The molecule has 0 bridgehead atoms. The van der Waals surface area contributed by atoms with Gasteiger partial charge in [0.1, 0.15) is 16.9 Å². The van der Waals surface area contributed by atoms with Gasteiger partial charge in [-0.15, -0.1) is 0 Å². The third-order valence-electron chi connectivity index (χ3n) is 5.27. The van der Waals surface area contributed by atoms with Gasteiger partial charge in [0.05, 0.1) is 18.0 Å². The van der Waals surface area contributed by atoms with Gasteiger partial charge in [0, 0.05) is 5.69 Å². The molecule has 0 aliphatic heterocycles. The van der Waals surface area contributed by atoms with E-state index in [1.54, 1.807) is 11.5 Å². The molecule has 11 heteroatoms. The van der Waals surface area contributed by atoms with Crippen LogP contribution in [0.25, 0.3) is 21.7 Å². The van der Waals surface area contributed by atoms with Gasteiger partial charge in [-0.25, -0.2) is 9.37 Å². The van der Waals surface area contributed by atoms with Crippen LogP contribution in [0, 0.1) is 9.77 Å². The van der Waals surface area contributed by atoms with Crippen LogP contribution in [0.3, 0.4) is 0 Å². The summed E-state index contributed by atoms with van der Waals surface area (Å²) in [6.07, 6.45) is 0.514. The molecule has 0 fully saturated rings. The van der Waals surface area contributed by atoms with Crippen molar-refractivity contribution in [2.75, 3.05) is 12.4 Å². The SMILES string of the molecule is CCOC(=O)CC(=O)CSc1nc2c(sc(=S)n2-c2ccc(CC)cc2)c(=O)n1-c1ccc(F)cc1. The second kappa shape index (κ2) is 11.3. The van der Waals surface area contributed by atoms with Crippen molar-refractivity contribution >= 4 is 57.4 Å². The van der Waals surface area contributed by atoms with E-state index < -0.39 is 11.8 Å². The molecule has 2 aromatic carbocycles. The highest BCUT2D eigenvalue weighted by Crippen LogP contribution is 2.28. The zero-order valence-corrected chi connectivity index (χ0v) is 22.0. The molecule has 0 radical (unpaired) electrons. The maximum Gasteiger partial charge on any atom is 0.313 e. The number of rotatable bonds is 9. The fourth-order valence-electron chi connectivity index (χ4n) is 3.53. The van der Waals surface area contributed by atoms with Crippen molar-refractivity contribution in [2.45, 2.75) is 31.8 Å². The van der Waals surface area contributed by atoms with E-state index in [4.69, 9.17) is 21.9 Å². The topological polar surface area (TPSA) is 83.2 Å². The summed E-state index contributed by atoms with van der Waals surface area (Å²) in [4.78, 5) is 42.5. The fourth-order valence-corrected chi connectivity index (χ4v) is 5.69. The molecule has 4 aromatic rings. The number of ketones is 1. The highest BCUT2D eigenvalue weighted by molar-refractivity contribution is 7.99. The number of hydrogen-bond acceptors (Lipinski definition) is 8. The Morgan fingerprint density at radius 1 is 1.06 bits per heavy atom. The predicted octanol–water partition coefficient (Wildman–Crippen LogP) is 5.28. The number of hydrogen-bond donors (Lipinski definition) is 0. The van der Waals surface area contributed by atoms with Crippen LogP contribution in [0.1, 0.15) is 25.8 Å². The second-order valence-corrected chi connectivity index (χ2v) is 10.3. The zero-order valence-electron chi connectivity index (χ0n) is 19.5. The number of aryl methyl sites for hydroxylation is 1. The lowest BCUT2D eigenvalue weighted by Crippen LogP contribution is -2.22. The highest BCUT2D eigenvalue weighted by atomic mass is 32.2. The average Bonchev–Trinajstić information content (AvgIpc) is 3.20. The predicted molar refractivity (Wildman–Crippen MR) is 142 cm³/mol. The summed E-state index contributed by atoms with van der Waals surface area (Å²) in [5, 5.41) is 0.225. The summed E-state index contributed by atoms with van der Waals surface area (Å²) in [5.74, 6) is -1.52. The second-order valence-electron chi connectivity index (χ2n) is 7.70. The van der Waals surface area contributed by atoms with Crippen molar-refractivity contribution in [1.82, 2.24) is 14.1 Å². The van der Waals surface area contributed by atoms with Crippen LogP contribution in [0.5, 0.6) is 0 Å². The Bertz CT molecular complexity index is 1540. The van der Waals surface area contributed by atoms with Gasteiger partial charge in [-0.2, -0.15) is 0 Å². The summed E-state index contributed by atoms with van der Waals surface area (Å²) < 4.78 is 22.3. The van der Waals surface area contributed by atoms with E-state index in [0.29, 0.717) is 20.0 Å². The molecule has 0 atom stereocenters. The monoisotopic (exact) mass is 543 g/mol. The molecule has 36 heavy (non-hydrogen) atoms. The van der Waals surface area contributed by atoms with E-state index in [9.17, 15) is 18.8 Å². The number of thioether (sulfide) groups is 1. The molecular weight excluding hydrogens is 521 g/mol. The minimum absolute atomic E-state index is 0.103. The summed E-state index contributed by atoms with van der Waals surface area (Å²) in [7, 11) is 0. The third-order valence-corrected chi connectivity index (χ3v) is 7.62. The van der Waals surface area contributed by atoms with Crippen molar-refractivity contribution in [3.63, 3.8) is 0 Å². The van der Waals surface area contributed by atoms with Gasteiger partial charge < -0.3 is 4.74 Å². The summed E-state index contributed by atoms with van der Waals surface area (Å²) in [6, 6.07) is 13.2. The van der Waals surface area contributed by atoms with Gasteiger partial charge in [0.25, 0.3) is 5.56 Å². The number of halogens is 1. The van der Waals surface area contributed by atoms with Crippen LogP contribution < -0.4 is 5.56 Å². The van der Waals surface area contributed by atoms with Gasteiger partial charge >= 0.3 is 5.97 Å². The van der Waals surface area contributed by atoms with Gasteiger partial charge in [-0.1, -0.05) is 42.2 Å². The first kappa shape index (κ1) is 25.9. The van der Waals surface area contributed by atoms with Crippen molar-refractivity contribution in [3.8, 4) is 11.4 Å². The Balaban J connectivity index is 1.83. The molecule has 0 saturated heterocycles. The smallest absolute Gasteiger partial charge is 0.313 e. The third kappa shape index (κ3) is 5.48. The van der Waals surface area contributed by atoms with Crippen LogP contribution in [-0.2, 0) is 20.7 Å². The molecule has 0 aliphatic carbocycles. The maximum absolute atomic E-state index is 13.6. The standard InChI is InChI=1S/C25H22FN3O4S3/c1-3-15-5-9-17(10-6-15)28-22-21(36-25(28)34)23(32)29(18-11-7-16(26)8-12-18)24(27-22)35-14-19(30)13-20(31)33-4-2/h5-12H,3-4,13-14H2,1-2H3. The molecule has 186 valence electrons. The molecule has 0 N–H and O–H groups in total. The number of thiazole rings is 1. The van der Waals surface area contributed by atoms with Crippen molar-refractivity contribution in [3.05, 3.63) is 74.2 Å². The fraction of sp³-hybridized carbons (Fsp3) is 0.240. The summed E-state index contributed by atoms with van der Waals surface area (Å²) in [6.45, 7) is 3.91. The van der Waals surface area contributed by atoms with E-state index in [1.165, 1.54) is 28.8 Å². The maximum atomic E-state index is 13.6. The lowest BCUT2D eigenvalue weighted by atomic mass is 10.1. The van der Waals surface area contributed by atoms with E-state index in [1.807, 2.05) is 24.3 Å². The Labute approximate surface area is 219 Å². The minimum Gasteiger partial charge on any atom is -0.466 e. The molecule has 2 heterocycles. The van der Waals surface area contributed by atoms with Crippen molar-refractivity contribution in [2.24, 2.45) is 0 Å². The molecule has 0 unspecified atom stereocenters. The quantitative estimate of drug-likeness (QED) is 0.0933. The lowest BCUT2D eigenvalue weighted by molar-refractivity contribution is -0.145. The molecule has 7 nitrogen and oxygen atoms in total. The van der Waals surface area contributed by atoms with E-state index in [2.05, 4.69) is 6.92 Å².